The minimum atomic E-state index is -0.0742. The normalized spacial score (nSPS) is 15.9. The molecule has 0 unspecified atom stereocenters. The van der Waals surface area contributed by atoms with Crippen LogP contribution in [-0.4, -0.2) is 11.7 Å². The monoisotopic (exact) mass is 221 g/mol. The second-order valence-electron chi connectivity index (χ2n) is 3.79. The van der Waals surface area contributed by atoms with E-state index in [1.165, 1.54) is 6.08 Å². The Morgan fingerprint density at radius 2 is 2.12 bits per heavy atom. The highest BCUT2D eigenvalue weighted by atomic mass is 16.1. The Balaban J connectivity index is 2.43. The van der Waals surface area contributed by atoms with Crippen molar-refractivity contribution in [3.8, 4) is 6.07 Å². The second-order valence-corrected chi connectivity index (χ2v) is 3.79. The van der Waals surface area contributed by atoms with Crippen LogP contribution in [0.4, 0.5) is 0 Å². The highest BCUT2D eigenvalue weighted by Crippen LogP contribution is 2.25. The lowest BCUT2D eigenvalue weighted by Crippen LogP contribution is -2.14. The minimum Gasteiger partial charge on any atom is -0.762 e. The molecule has 1 aromatic rings. The van der Waals surface area contributed by atoms with E-state index in [9.17, 15) is 4.79 Å². The van der Waals surface area contributed by atoms with Gasteiger partial charge < -0.3 is 5.41 Å². The molecule has 1 aromatic carbocycles. The first-order valence-electron chi connectivity index (χ1n) is 5.26. The minimum absolute atomic E-state index is 0.0206. The average molecular weight is 221 g/mol. The number of allylic oxidation sites excluding steroid dienone is 3. The number of fused-ring (bicyclic) bond motifs is 1. The van der Waals surface area contributed by atoms with E-state index in [1.807, 2.05) is 18.2 Å². The Bertz CT molecular complexity index is 599. The predicted molar refractivity (Wildman–Crippen MR) is 64.7 cm³/mol. The molecule has 2 rings (SSSR count). The molecule has 82 valence electrons. The molecule has 0 amide bonds. The van der Waals surface area contributed by atoms with E-state index in [1.54, 1.807) is 18.0 Å². The summed E-state index contributed by atoms with van der Waals surface area (Å²) in [5.41, 5.74) is 2.24. The smallest absolute Gasteiger partial charge is 0.189 e. The molecular formula is C14H9N2O-. The fourth-order valence-electron chi connectivity index (χ4n) is 1.92. The van der Waals surface area contributed by atoms with Crippen molar-refractivity contribution in [2.75, 3.05) is 0 Å². The maximum Gasteiger partial charge on any atom is 0.189 e. The molecule has 1 aliphatic carbocycles. The van der Waals surface area contributed by atoms with E-state index >= 15 is 0 Å². The van der Waals surface area contributed by atoms with Gasteiger partial charge in [-0.3, -0.25) is 10.7 Å². The molecule has 0 spiro atoms. The molecule has 3 nitrogen and oxygen atoms in total. The van der Waals surface area contributed by atoms with E-state index < -0.39 is 0 Å². The van der Waals surface area contributed by atoms with Gasteiger partial charge in [0.05, 0.1) is 5.57 Å². The Morgan fingerprint density at radius 1 is 1.35 bits per heavy atom. The molecule has 1 aliphatic rings. The molecule has 0 bridgehead atoms. The Morgan fingerprint density at radius 3 is 2.82 bits per heavy atom. The number of nitrogens with zero attached hydrogens (tertiary/aromatic N) is 2. The summed E-state index contributed by atoms with van der Waals surface area (Å²) in [6.45, 7) is 0. The molecule has 0 aromatic heterocycles. The number of hydrogen-bond acceptors (Lipinski definition) is 2. The van der Waals surface area contributed by atoms with Crippen molar-refractivity contribution >= 4 is 11.7 Å². The number of aryl methyl sites for hydroxylation is 1. The number of Topliss-reactive ketones (excluding diaryl/α,β-unsaturated/α-hetero) is 1. The van der Waals surface area contributed by atoms with Crippen LogP contribution in [0, 0.1) is 11.3 Å². The first-order valence-corrected chi connectivity index (χ1v) is 5.26. The van der Waals surface area contributed by atoms with Crippen LogP contribution in [-0.2, 0) is 6.42 Å². The van der Waals surface area contributed by atoms with Gasteiger partial charge in [0, 0.05) is 11.1 Å². The lowest BCUT2D eigenvalue weighted by molar-refractivity contribution is 0.102. The van der Waals surface area contributed by atoms with Crippen molar-refractivity contribution in [2.45, 2.75) is 12.8 Å². The fraction of sp³-hybridized carbons (Fsp3) is 0.143. The lowest BCUT2D eigenvalue weighted by atomic mass is 9.86. The highest BCUT2D eigenvalue weighted by molar-refractivity contribution is 6.11. The van der Waals surface area contributed by atoms with Gasteiger partial charge in [-0.2, -0.15) is 5.26 Å². The third-order valence-corrected chi connectivity index (χ3v) is 2.78. The third kappa shape index (κ3) is 2.08. The van der Waals surface area contributed by atoms with Gasteiger partial charge in [0.15, 0.2) is 5.78 Å². The van der Waals surface area contributed by atoms with Gasteiger partial charge in [0.25, 0.3) is 0 Å². The molecule has 0 atom stereocenters. The van der Waals surface area contributed by atoms with Crippen LogP contribution in [0.3, 0.4) is 0 Å². The van der Waals surface area contributed by atoms with E-state index in [0.717, 1.165) is 12.0 Å². The number of ketones is 1. The topological polar surface area (TPSA) is 63.2 Å². The summed E-state index contributed by atoms with van der Waals surface area (Å²) in [7, 11) is 0. The van der Waals surface area contributed by atoms with Gasteiger partial charge >= 0.3 is 0 Å². The van der Waals surface area contributed by atoms with Crippen LogP contribution in [0.15, 0.2) is 41.5 Å². The maximum absolute atomic E-state index is 12.1. The van der Waals surface area contributed by atoms with E-state index in [2.05, 4.69) is 0 Å². The van der Waals surface area contributed by atoms with Gasteiger partial charge in [-0.15, -0.1) is 0 Å². The van der Waals surface area contributed by atoms with Crippen molar-refractivity contribution in [1.29, 1.82) is 5.26 Å². The number of nitriles is 1. The summed E-state index contributed by atoms with van der Waals surface area (Å²) in [6.07, 6.45) is 2.76. The van der Waals surface area contributed by atoms with Crippen molar-refractivity contribution < 1.29 is 4.79 Å². The number of rotatable bonds is 1. The molecular weight excluding hydrogens is 212 g/mol. The maximum atomic E-state index is 12.1. The summed E-state index contributed by atoms with van der Waals surface area (Å²) in [5.74, 6) is 1.70. The SMILES string of the molecule is N#CC(=C=[N-])/C=C1/CCc2ccccc2C1=O. The van der Waals surface area contributed by atoms with Crippen LogP contribution in [0.5, 0.6) is 0 Å². The first-order chi connectivity index (χ1) is 8.26. The zero-order valence-corrected chi connectivity index (χ0v) is 9.10. The van der Waals surface area contributed by atoms with E-state index in [-0.39, 0.29) is 11.4 Å². The van der Waals surface area contributed by atoms with Gasteiger partial charge in [-0.05, 0) is 24.5 Å². The van der Waals surface area contributed by atoms with Crippen molar-refractivity contribution in [1.82, 2.24) is 0 Å². The molecule has 0 N–H and O–H groups in total. The number of carbonyl (C=O) groups is 1. The summed E-state index contributed by atoms with van der Waals surface area (Å²) >= 11 is 0. The lowest BCUT2D eigenvalue weighted by Gasteiger charge is -2.16. The molecule has 0 aliphatic heterocycles. The zero-order chi connectivity index (χ0) is 12.3. The summed E-state index contributed by atoms with van der Waals surface area (Å²) < 4.78 is 0. The molecule has 17 heavy (non-hydrogen) atoms. The van der Waals surface area contributed by atoms with Crippen molar-refractivity contribution in [2.24, 2.45) is 0 Å². The second kappa shape index (κ2) is 4.61. The van der Waals surface area contributed by atoms with Crippen LogP contribution in [0.25, 0.3) is 5.41 Å². The highest BCUT2D eigenvalue weighted by Gasteiger charge is 2.21. The van der Waals surface area contributed by atoms with Crippen LogP contribution in [0.1, 0.15) is 22.3 Å². The van der Waals surface area contributed by atoms with Gasteiger partial charge in [0.1, 0.15) is 6.07 Å². The third-order valence-electron chi connectivity index (χ3n) is 2.78. The molecule has 0 saturated carbocycles. The Hall–Kier alpha value is -2.43. The molecule has 3 heteroatoms. The molecule has 0 saturated heterocycles. The summed E-state index contributed by atoms with van der Waals surface area (Å²) in [6, 6.07) is 9.21. The summed E-state index contributed by atoms with van der Waals surface area (Å²) in [5, 5.41) is 17.3. The summed E-state index contributed by atoms with van der Waals surface area (Å²) in [4.78, 5) is 12.1. The number of hydrogen-bond donors (Lipinski definition) is 0. The van der Waals surface area contributed by atoms with Crippen molar-refractivity contribution in [3.05, 3.63) is 58.0 Å². The fourth-order valence-corrected chi connectivity index (χ4v) is 1.92. The van der Waals surface area contributed by atoms with Gasteiger partial charge in [0.2, 0.25) is 0 Å². The molecule has 0 radical (unpaired) electrons. The Kier molecular flexibility index (Phi) is 3.00. The first kappa shape index (κ1) is 11.1. The largest absolute Gasteiger partial charge is 0.762 e. The van der Waals surface area contributed by atoms with Crippen LogP contribution in [0.2, 0.25) is 0 Å². The number of carbonyl (C=O) groups excluding carboxylic acids is 1. The molecule has 0 heterocycles. The van der Waals surface area contributed by atoms with E-state index in [0.29, 0.717) is 17.6 Å². The average Bonchev–Trinajstić information content (AvgIpc) is 2.38. The van der Waals surface area contributed by atoms with Crippen LogP contribution < -0.4 is 0 Å². The molecule has 0 fully saturated rings. The zero-order valence-electron chi connectivity index (χ0n) is 9.10. The standard InChI is InChI=1S/C14H9N2O/c15-8-10(9-16)7-12-6-5-11-3-1-2-4-13(11)14(12)17/h1-4,7H,5-6H2/q-1/b12-7-. The van der Waals surface area contributed by atoms with Crippen molar-refractivity contribution in [3.63, 3.8) is 0 Å². The Labute approximate surface area is 99.2 Å². The van der Waals surface area contributed by atoms with E-state index in [4.69, 9.17) is 10.7 Å². The predicted octanol–water partition coefficient (Wildman–Crippen LogP) is 2.43. The van der Waals surface area contributed by atoms with Gasteiger partial charge in [-0.1, -0.05) is 24.3 Å². The number of benzene rings is 1. The van der Waals surface area contributed by atoms with Crippen LogP contribution >= 0.6 is 0 Å². The quantitative estimate of drug-likeness (QED) is 0.415. The van der Waals surface area contributed by atoms with Gasteiger partial charge in [-0.25, -0.2) is 0 Å².